The van der Waals surface area contributed by atoms with Crippen LogP contribution in [0.2, 0.25) is 5.02 Å². The summed E-state index contributed by atoms with van der Waals surface area (Å²) >= 11 is 5.89. The Morgan fingerprint density at radius 1 is 1.56 bits per heavy atom. The Bertz CT molecular complexity index is 397. The maximum absolute atomic E-state index is 11.6. The van der Waals surface area contributed by atoms with E-state index in [1.807, 2.05) is 12.1 Å². The van der Waals surface area contributed by atoms with Crippen molar-refractivity contribution in [2.45, 2.75) is 12.5 Å². The van der Waals surface area contributed by atoms with E-state index >= 15 is 0 Å². The van der Waals surface area contributed by atoms with E-state index in [9.17, 15) is 4.79 Å². The third-order valence-corrected chi connectivity index (χ3v) is 2.78. The second-order valence-electron chi connectivity index (χ2n) is 3.66. The van der Waals surface area contributed by atoms with Gasteiger partial charge in [-0.15, -0.1) is 0 Å². The summed E-state index contributed by atoms with van der Waals surface area (Å²) in [4.78, 5) is 13.2. The quantitative estimate of drug-likeness (QED) is 0.879. The molecular formula is C11H13ClN2O2. The van der Waals surface area contributed by atoms with Crippen molar-refractivity contribution < 1.29 is 9.53 Å². The van der Waals surface area contributed by atoms with E-state index < -0.39 is 0 Å². The number of carbonyl (C=O) groups excluding carboxylic acids is 1. The molecule has 2 N–H and O–H groups in total. The first-order valence-electron chi connectivity index (χ1n) is 5.14. The SMILES string of the molecule is NCCC1COC(=O)N1c1cccc(Cl)c1. The van der Waals surface area contributed by atoms with Crippen molar-refractivity contribution in [3.63, 3.8) is 0 Å². The van der Waals surface area contributed by atoms with Crippen LogP contribution in [-0.2, 0) is 4.74 Å². The number of benzene rings is 1. The van der Waals surface area contributed by atoms with Gasteiger partial charge in [-0.2, -0.15) is 0 Å². The third kappa shape index (κ3) is 2.13. The number of nitrogens with zero attached hydrogens (tertiary/aromatic N) is 1. The Labute approximate surface area is 98.9 Å². The molecule has 1 aliphatic rings. The highest BCUT2D eigenvalue weighted by atomic mass is 35.5. The van der Waals surface area contributed by atoms with Crippen molar-refractivity contribution in [2.24, 2.45) is 5.73 Å². The summed E-state index contributed by atoms with van der Waals surface area (Å²) in [7, 11) is 0. The second kappa shape index (κ2) is 4.72. The standard InChI is InChI=1S/C11H13ClN2O2/c12-8-2-1-3-9(6-8)14-10(4-5-13)7-16-11(14)15/h1-3,6,10H,4-5,7,13H2. The maximum Gasteiger partial charge on any atom is 0.414 e. The monoisotopic (exact) mass is 240 g/mol. The summed E-state index contributed by atoms with van der Waals surface area (Å²) in [5.41, 5.74) is 6.26. The fraction of sp³-hybridized carbons (Fsp3) is 0.364. The smallest absolute Gasteiger partial charge is 0.414 e. The van der Waals surface area contributed by atoms with E-state index in [0.29, 0.717) is 18.2 Å². The zero-order chi connectivity index (χ0) is 11.5. The summed E-state index contributed by atoms with van der Waals surface area (Å²) in [6, 6.07) is 7.17. The molecule has 1 aliphatic heterocycles. The van der Waals surface area contributed by atoms with E-state index in [-0.39, 0.29) is 12.1 Å². The topological polar surface area (TPSA) is 55.6 Å². The van der Waals surface area contributed by atoms with Gasteiger partial charge in [-0.25, -0.2) is 4.79 Å². The summed E-state index contributed by atoms with van der Waals surface area (Å²) < 4.78 is 5.01. The molecule has 1 heterocycles. The molecule has 2 rings (SSSR count). The molecule has 1 aromatic carbocycles. The summed E-state index contributed by atoms with van der Waals surface area (Å²) in [6.45, 7) is 0.918. The van der Waals surface area contributed by atoms with Crippen LogP contribution in [0.25, 0.3) is 0 Å². The average Bonchev–Trinajstić information content (AvgIpc) is 2.60. The lowest BCUT2D eigenvalue weighted by Gasteiger charge is -2.20. The van der Waals surface area contributed by atoms with Crippen LogP contribution in [0.15, 0.2) is 24.3 Å². The number of rotatable bonds is 3. The van der Waals surface area contributed by atoms with E-state index in [4.69, 9.17) is 22.1 Å². The molecule has 5 heteroatoms. The van der Waals surface area contributed by atoms with Gasteiger partial charge in [-0.1, -0.05) is 17.7 Å². The molecule has 1 atom stereocenters. The number of halogens is 1. The number of anilines is 1. The number of ether oxygens (including phenoxy) is 1. The zero-order valence-corrected chi connectivity index (χ0v) is 9.48. The molecule has 1 unspecified atom stereocenters. The Morgan fingerprint density at radius 3 is 3.06 bits per heavy atom. The predicted molar refractivity (Wildman–Crippen MR) is 62.7 cm³/mol. The fourth-order valence-electron chi connectivity index (χ4n) is 1.81. The molecule has 1 aromatic rings. The molecule has 1 amide bonds. The molecule has 86 valence electrons. The molecule has 0 aliphatic carbocycles. The van der Waals surface area contributed by atoms with Crippen LogP contribution < -0.4 is 10.6 Å². The van der Waals surface area contributed by atoms with Gasteiger partial charge in [0.2, 0.25) is 0 Å². The molecule has 0 aromatic heterocycles. The molecule has 0 bridgehead atoms. The van der Waals surface area contributed by atoms with Crippen LogP contribution in [-0.4, -0.2) is 25.3 Å². The van der Waals surface area contributed by atoms with Gasteiger partial charge in [0.25, 0.3) is 0 Å². The first kappa shape index (κ1) is 11.2. The molecule has 0 saturated carbocycles. The van der Waals surface area contributed by atoms with Crippen LogP contribution in [0.3, 0.4) is 0 Å². The van der Waals surface area contributed by atoms with Crippen LogP contribution in [0.1, 0.15) is 6.42 Å². The molecule has 0 spiro atoms. The molecule has 0 radical (unpaired) electrons. The summed E-state index contributed by atoms with van der Waals surface area (Å²) in [6.07, 6.45) is 0.388. The Morgan fingerprint density at radius 2 is 2.38 bits per heavy atom. The number of hydrogen-bond donors (Lipinski definition) is 1. The predicted octanol–water partition coefficient (Wildman–Crippen LogP) is 2.01. The van der Waals surface area contributed by atoms with Gasteiger partial charge in [0, 0.05) is 10.7 Å². The van der Waals surface area contributed by atoms with E-state index in [0.717, 1.165) is 12.1 Å². The van der Waals surface area contributed by atoms with Gasteiger partial charge in [-0.3, -0.25) is 4.90 Å². The van der Waals surface area contributed by atoms with Gasteiger partial charge >= 0.3 is 6.09 Å². The van der Waals surface area contributed by atoms with Crippen LogP contribution in [0.5, 0.6) is 0 Å². The maximum atomic E-state index is 11.6. The Balaban J connectivity index is 2.26. The number of cyclic esters (lactones) is 1. The summed E-state index contributed by atoms with van der Waals surface area (Å²) in [5, 5.41) is 0.601. The van der Waals surface area contributed by atoms with Crippen LogP contribution >= 0.6 is 11.6 Å². The number of hydrogen-bond acceptors (Lipinski definition) is 3. The van der Waals surface area contributed by atoms with Gasteiger partial charge in [0.1, 0.15) is 6.61 Å². The van der Waals surface area contributed by atoms with Crippen molar-refractivity contribution in [3.8, 4) is 0 Å². The Kier molecular flexibility index (Phi) is 3.31. The highest BCUT2D eigenvalue weighted by Crippen LogP contribution is 2.26. The molecule has 1 fully saturated rings. The minimum atomic E-state index is -0.333. The molecular weight excluding hydrogens is 228 g/mol. The lowest BCUT2D eigenvalue weighted by Crippen LogP contribution is -2.34. The van der Waals surface area contributed by atoms with Gasteiger partial charge < -0.3 is 10.5 Å². The lowest BCUT2D eigenvalue weighted by molar-refractivity contribution is 0.178. The molecule has 16 heavy (non-hydrogen) atoms. The zero-order valence-electron chi connectivity index (χ0n) is 8.73. The molecule has 1 saturated heterocycles. The van der Waals surface area contributed by atoms with Crippen molar-refractivity contribution >= 4 is 23.4 Å². The van der Waals surface area contributed by atoms with Crippen LogP contribution in [0, 0.1) is 0 Å². The Hall–Kier alpha value is -1.26. The first-order valence-corrected chi connectivity index (χ1v) is 5.52. The van der Waals surface area contributed by atoms with E-state index in [1.54, 1.807) is 17.0 Å². The van der Waals surface area contributed by atoms with Crippen molar-refractivity contribution in [2.75, 3.05) is 18.1 Å². The van der Waals surface area contributed by atoms with Gasteiger partial charge in [0.05, 0.1) is 6.04 Å². The van der Waals surface area contributed by atoms with Gasteiger partial charge in [0.15, 0.2) is 0 Å². The van der Waals surface area contributed by atoms with Crippen LogP contribution in [0.4, 0.5) is 10.5 Å². The number of nitrogens with two attached hydrogens (primary N) is 1. The van der Waals surface area contributed by atoms with Crippen molar-refractivity contribution in [3.05, 3.63) is 29.3 Å². The number of carbonyl (C=O) groups is 1. The largest absolute Gasteiger partial charge is 0.447 e. The third-order valence-electron chi connectivity index (χ3n) is 2.55. The van der Waals surface area contributed by atoms with Crippen molar-refractivity contribution in [1.82, 2.24) is 0 Å². The minimum Gasteiger partial charge on any atom is -0.447 e. The normalized spacial score (nSPS) is 20.0. The highest BCUT2D eigenvalue weighted by molar-refractivity contribution is 6.30. The van der Waals surface area contributed by atoms with E-state index in [2.05, 4.69) is 0 Å². The van der Waals surface area contributed by atoms with Crippen molar-refractivity contribution in [1.29, 1.82) is 0 Å². The lowest BCUT2D eigenvalue weighted by atomic mass is 10.2. The number of amides is 1. The fourth-order valence-corrected chi connectivity index (χ4v) is 1.99. The van der Waals surface area contributed by atoms with Gasteiger partial charge in [-0.05, 0) is 31.2 Å². The summed E-state index contributed by atoms with van der Waals surface area (Å²) in [5.74, 6) is 0. The average molecular weight is 241 g/mol. The highest BCUT2D eigenvalue weighted by Gasteiger charge is 2.33. The minimum absolute atomic E-state index is 0.0102. The first-order chi connectivity index (χ1) is 7.72. The van der Waals surface area contributed by atoms with E-state index in [1.165, 1.54) is 0 Å². The second-order valence-corrected chi connectivity index (χ2v) is 4.09. The molecule has 4 nitrogen and oxygen atoms in total.